The van der Waals surface area contributed by atoms with Crippen molar-refractivity contribution in [1.82, 2.24) is 5.32 Å². The fourth-order valence-corrected chi connectivity index (χ4v) is 6.82. The molecule has 0 radical (unpaired) electrons. The van der Waals surface area contributed by atoms with Gasteiger partial charge in [-0.15, -0.1) is 0 Å². The Labute approximate surface area is 191 Å². The Balaban J connectivity index is 1.11. The van der Waals surface area contributed by atoms with E-state index in [1.165, 1.54) is 32.1 Å². The largest absolute Gasteiger partial charge is 0.490 e. The van der Waals surface area contributed by atoms with Crippen molar-refractivity contribution in [2.75, 3.05) is 6.61 Å². The van der Waals surface area contributed by atoms with Crippen molar-refractivity contribution >= 4 is 5.91 Å². The van der Waals surface area contributed by atoms with Crippen molar-refractivity contribution in [1.29, 1.82) is 0 Å². The van der Waals surface area contributed by atoms with Crippen LogP contribution in [-0.4, -0.2) is 23.7 Å². The summed E-state index contributed by atoms with van der Waals surface area (Å²) in [5.41, 5.74) is 1.57. The van der Waals surface area contributed by atoms with E-state index in [0.717, 1.165) is 48.0 Å². The highest BCUT2D eigenvalue weighted by Crippen LogP contribution is 2.57. The van der Waals surface area contributed by atoms with Crippen LogP contribution in [0.5, 0.6) is 5.75 Å². The van der Waals surface area contributed by atoms with Gasteiger partial charge in [-0.1, -0.05) is 42.5 Å². The highest BCUT2D eigenvalue weighted by molar-refractivity contribution is 5.96. The number of ether oxygens (including phenoxy) is 1. The topological polar surface area (TPSA) is 58.6 Å². The van der Waals surface area contributed by atoms with Crippen molar-refractivity contribution in [3.05, 3.63) is 65.7 Å². The van der Waals surface area contributed by atoms with Gasteiger partial charge in [-0.2, -0.15) is 0 Å². The van der Waals surface area contributed by atoms with E-state index in [-0.39, 0.29) is 12.5 Å². The number of nitrogens with one attached hydrogen (secondary N) is 1. The first-order chi connectivity index (χ1) is 15.7. The lowest BCUT2D eigenvalue weighted by molar-refractivity contribution is -0.0453. The second-order valence-corrected chi connectivity index (χ2v) is 10.3. The molecule has 6 rings (SSSR count). The van der Waals surface area contributed by atoms with Crippen LogP contribution in [0.3, 0.4) is 0 Å². The van der Waals surface area contributed by atoms with Crippen molar-refractivity contribution in [2.45, 2.75) is 57.6 Å². The number of hydrogen-bond acceptors (Lipinski definition) is 3. The summed E-state index contributed by atoms with van der Waals surface area (Å²) in [6.45, 7) is 0.707. The first-order valence-electron chi connectivity index (χ1n) is 12.4. The molecule has 0 heterocycles. The van der Waals surface area contributed by atoms with Gasteiger partial charge in [0.2, 0.25) is 0 Å². The molecule has 0 saturated heterocycles. The summed E-state index contributed by atoms with van der Waals surface area (Å²) >= 11 is 0. The molecule has 2 aromatic carbocycles. The van der Waals surface area contributed by atoms with Crippen LogP contribution in [0.1, 0.15) is 60.9 Å². The number of carbonyl (C=O) groups is 1. The Morgan fingerprint density at radius 2 is 1.59 bits per heavy atom. The molecule has 0 spiro atoms. The quantitative estimate of drug-likeness (QED) is 0.571. The Hall–Kier alpha value is -2.33. The van der Waals surface area contributed by atoms with Crippen LogP contribution >= 0.6 is 0 Å². The maximum absolute atomic E-state index is 12.7. The molecule has 170 valence electrons. The highest BCUT2D eigenvalue weighted by atomic mass is 16.5. The summed E-state index contributed by atoms with van der Waals surface area (Å²) in [6.07, 6.45) is 8.59. The number of amides is 1. The van der Waals surface area contributed by atoms with Crippen LogP contribution in [0.4, 0.5) is 0 Å². The van der Waals surface area contributed by atoms with Crippen molar-refractivity contribution in [3.63, 3.8) is 0 Å². The molecule has 4 aliphatic rings. The summed E-state index contributed by atoms with van der Waals surface area (Å²) in [5.74, 6) is 4.95. The SMILES string of the molecule is O=C(NCc1ccccc1)c1ccccc1OCC(O)CCC1C2CC3CC(C2)CC1C3. The minimum absolute atomic E-state index is 0.160. The zero-order valence-electron chi connectivity index (χ0n) is 18.8. The number of rotatable bonds is 9. The molecule has 4 saturated carbocycles. The van der Waals surface area contributed by atoms with E-state index in [2.05, 4.69) is 5.32 Å². The zero-order chi connectivity index (χ0) is 21.9. The van der Waals surface area contributed by atoms with Gasteiger partial charge in [0.1, 0.15) is 12.4 Å². The molecule has 4 heteroatoms. The van der Waals surface area contributed by atoms with Gasteiger partial charge in [0, 0.05) is 6.54 Å². The monoisotopic (exact) mass is 433 g/mol. The molecular weight excluding hydrogens is 398 g/mol. The minimum Gasteiger partial charge on any atom is -0.490 e. The van der Waals surface area contributed by atoms with Gasteiger partial charge in [-0.25, -0.2) is 0 Å². The van der Waals surface area contributed by atoms with Crippen molar-refractivity contribution < 1.29 is 14.6 Å². The van der Waals surface area contributed by atoms with Crippen LogP contribution in [-0.2, 0) is 6.54 Å². The molecule has 32 heavy (non-hydrogen) atoms. The Morgan fingerprint density at radius 1 is 0.938 bits per heavy atom. The van der Waals surface area contributed by atoms with Crippen LogP contribution in [0.15, 0.2) is 54.6 Å². The molecule has 4 nitrogen and oxygen atoms in total. The summed E-state index contributed by atoms with van der Waals surface area (Å²) in [6, 6.07) is 17.1. The Bertz CT molecular complexity index is 884. The van der Waals surface area contributed by atoms with Gasteiger partial charge in [0.05, 0.1) is 11.7 Å². The Morgan fingerprint density at radius 3 is 2.31 bits per heavy atom. The maximum Gasteiger partial charge on any atom is 0.255 e. The molecule has 1 amide bonds. The van der Waals surface area contributed by atoms with Gasteiger partial charge in [0.15, 0.2) is 0 Å². The minimum atomic E-state index is -0.493. The van der Waals surface area contributed by atoms with Crippen LogP contribution in [0, 0.1) is 29.6 Å². The lowest BCUT2D eigenvalue weighted by Crippen LogP contribution is -2.45. The van der Waals surface area contributed by atoms with E-state index >= 15 is 0 Å². The van der Waals surface area contributed by atoms with Gasteiger partial charge in [-0.3, -0.25) is 4.79 Å². The second-order valence-electron chi connectivity index (χ2n) is 10.3. The third-order valence-electron chi connectivity index (χ3n) is 8.11. The summed E-state index contributed by atoms with van der Waals surface area (Å²) in [7, 11) is 0. The molecular formula is C28H35NO3. The van der Waals surface area contributed by atoms with Crippen LogP contribution in [0.25, 0.3) is 0 Å². The number of hydrogen-bond donors (Lipinski definition) is 2. The molecule has 0 aromatic heterocycles. The standard InChI is InChI=1S/C28H35NO3/c30-24(10-11-25-22-13-20-12-21(15-22)16-23(25)14-20)18-32-27-9-5-4-8-26(27)28(31)29-17-19-6-2-1-3-7-19/h1-9,20-25,30H,10-18H2,(H,29,31). The first kappa shape index (κ1) is 21.5. The lowest BCUT2D eigenvalue weighted by Gasteiger charge is -2.54. The van der Waals surface area contributed by atoms with E-state index in [9.17, 15) is 9.90 Å². The van der Waals surface area contributed by atoms with Crippen molar-refractivity contribution in [3.8, 4) is 5.75 Å². The molecule has 0 aliphatic heterocycles. The number of aliphatic hydroxyl groups is 1. The van der Waals surface area contributed by atoms with Gasteiger partial charge >= 0.3 is 0 Å². The molecule has 1 atom stereocenters. The normalized spacial score (nSPS) is 29.0. The van der Waals surface area contributed by atoms with Crippen molar-refractivity contribution in [2.24, 2.45) is 29.6 Å². The third kappa shape index (κ3) is 4.85. The predicted molar refractivity (Wildman–Crippen MR) is 125 cm³/mol. The van der Waals surface area contributed by atoms with E-state index in [1.54, 1.807) is 6.07 Å². The van der Waals surface area contributed by atoms with Crippen LogP contribution in [0.2, 0.25) is 0 Å². The summed E-state index contributed by atoms with van der Waals surface area (Å²) < 4.78 is 5.92. The molecule has 2 aromatic rings. The number of carbonyl (C=O) groups excluding carboxylic acids is 1. The van der Waals surface area contributed by atoms with Gasteiger partial charge in [-0.05, 0) is 92.2 Å². The molecule has 4 fully saturated rings. The molecule has 1 unspecified atom stereocenters. The average molecular weight is 434 g/mol. The fraction of sp³-hybridized carbons (Fsp3) is 0.536. The predicted octanol–water partition coefficient (Wildman–Crippen LogP) is 5.21. The van der Waals surface area contributed by atoms with E-state index < -0.39 is 6.10 Å². The van der Waals surface area contributed by atoms with E-state index in [1.807, 2.05) is 48.5 Å². The first-order valence-corrected chi connectivity index (χ1v) is 12.4. The fourth-order valence-electron chi connectivity index (χ4n) is 6.82. The van der Waals surface area contributed by atoms with Gasteiger partial charge < -0.3 is 15.2 Å². The highest BCUT2D eigenvalue weighted by Gasteiger charge is 2.47. The number of para-hydroxylation sites is 1. The van der Waals surface area contributed by atoms with E-state index in [4.69, 9.17) is 4.74 Å². The second kappa shape index (κ2) is 9.66. The number of benzene rings is 2. The summed E-state index contributed by atoms with van der Waals surface area (Å²) in [4.78, 5) is 12.7. The molecule has 2 N–H and O–H groups in total. The Kier molecular flexibility index (Phi) is 6.49. The molecule has 4 bridgehead atoms. The smallest absolute Gasteiger partial charge is 0.255 e. The third-order valence-corrected chi connectivity index (χ3v) is 8.11. The van der Waals surface area contributed by atoms with E-state index in [0.29, 0.717) is 17.9 Å². The van der Waals surface area contributed by atoms with Crippen LogP contribution < -0.4 is 10.1 Å². The summed E-state index contributed by atoms with van der Waals surface area (Å²) in [5, 5.41) is 13.6. The molecule has 4 aliphatic carbocycles. The zero-order valence-corrected chi connectivity index (χ0v) is 18.8. The van der Waals surface area contributed by atoms with Gasteiger partial charge in [0.25, 0.3) is 5.91 Å². The number of aliphatic hydroxyl groups excluding tert-OH is 1. The maximum atomic E-state index is 12.7. The lowest BCUT2D eigenvalue weighted by atomic mass is 9.51. The average Bonchev–Trinajstić information content (AvgIpc) is 2.81.